The molecule has 0 saturated heterocycles. The molecule has 0 fully saturated rings. The number of nitro benzene ring substituents is 2. The van der Waals surface area contributed by atoms with E-state index in [9.17, 15) is 29.8 Å². The molecule has 11 heteroatoms. The zero-order chi connectivity index (χ0) is 21.0. The van der Waals surface area contributed by atoms with E-state index in [4.69, 9.17) is 16.3 Å². The normalized spacial score (nSPS) is 10.2. The van der Waals surface area contributed by atoms with Crippen molar-refractivity contribution < 1.29 is 24.2 Å². The number of nitrogens with zero attached hydrogens (tertiary/aromatic N) is 2. The van der Waals surface area contributed by atoms with Crippen LogP contribution < -0.4 is 5.32 Å². The van der Waals surface area contributed by atoms with Crippen molar-refractivity contribution >= 4 is 40.5 Å². The predicted molar refractivity (Wildman–Crippen MR) is 99.6 cm³/mol. The van der Waals surface area contributed by atoms with Crippen LogP contribution >= 0.6 is 11.6 Å². The fraction of sp³-hybridized carbons (Fsp3) is 0.176. The number of anilines is 1. The van der Waals surface area contributed by atoms with Crippen molar-refractivity contribution in [2.24, 2.45) is 0 Å². The Morgan fingerprint density at radius 1 is 1.11 bits per heavy atom. The first-order valence-corrected chi connectivity index (χ1v) is 8.15. The molecule has 10 nitrogen and oxygen atoms in total. The molecule has 1 amide bonds. The summed E-state index contributed by atoms with van der Waals surface area (Å²) in [4.78, 5) is 44.6. The van der Waals surface area contributed by atoms with Gasteiger partial charge >= 0.3 is 5.97 Å². The van der Waals surface area contributed by atoms with Gasteiger partial charge in [-0.15, -0.1) is 0 Å². The maximum atomic E-state index is 12.1. The van der Waals surface area contributed by atoms with E-state index in [-0.39, 0.29) is 27.6 Å². The topological polar surface area (TPSA) is 142 Å². The summed E-state index contributed by atoms with van der Waals surface area (Å²) < 4.78 is 4.84. The van der Waals surface area contributed by atoms with Crippen LogP contribution in [0.3, 0.4) is 0 Å². The lowest BCUT2D eigenvalue weighted by Crippen LogP contribution is -2.22. The number of carbonyl (C=O) groups is 2. The Balaban J connectivity index is 2.09. The molecule has 146 valence electrons. The molecule has 0 aromatic heterocycles. The third kappa shape index (κ3) is 4.60. The second-order valence-corrected chi connectivity index (χ2v) is 6.11. The molecule has 0 heterocycles. The van der Waals surface area contributed by atoms with E-state index >= 15 is 0 Å². The Bertz CT molecular complexity index is 991. The van der Waals surface area contributed by atoms with Gasteiger partial charge in [0.25, 0.3) is 17.3 Å². The molecule has 0 saturated carbocycles. The van der Waals surface area contributed by atoms with Crippen molar-refractivity contribution in [2.75, 3.05) is 11.9 Å². The zero-order valence-electron chi connectivity index (χ0n) is 14.7. The molecule has 0 unspecified atom stereocenters. The quantitative estimate of drug-likeness (QED) is 0.438. The highest BCUT2D eigenvalue weighted by Gasteiger charge is 2.21. The van der Waals surface area contributed by atoms with E-state index in [1.54, 1.807) is 19.9 Å². The summed E-state index contributed by atoms with van der Waals surface area (Å²) in [6.45, 7) is 2.61. The second kappa shape index (κ2) is 8.44. The van der Waals surface area contributed by atoms with Gasteiger partial charge in [-0.05, 0) is 31.0 Å². The number of rotatable bonds is 6. The molecule has 0 aliphatic carbocycles. The summed E-state index contributed by atoms with van der Waals surface area (Å²) in [7, 11) is 0. The van der Waals surface area contributed by atoms with Crippen LogP contribution in [-0.4, -0.2) is 28.3 Å². The predicted octanol–water partition coefficient (Wildman–Crippen LogP) is 3.57. The van der Waals surface area contributed by atoms with Gasteiger partial charge in [0.05, 0.1) is 20.4 Å². The first-order valence-electron chi connectivity index (χ1n) is 7.77. The first kappa shape index (κ1) is 20.8. The summed E-state index contributed by atoms with van der Waals surface area (Å²) in [5.74, 6) is -1.76. The summed E-state index contributed by atoms with van der Waals surface area (Å²) in [6.07, 6.45) is 0. The fourth-order valence-corrected chi connectivity index (χ4v) is 2.53. The minimum Gasteiger partial charge on any atom is -0.452 e. The van der Waals surface area contributed by atoms with Crippen LogP contribution in [0.4, 0.5) is 17.1 Å². The molecule has 2 rings (SSSR count). The molecular formula is C17H14ClN3O7. The number of hydrogen-bond donors (Lipinski definition) is 1. The Kier molecular flexibility index (Phi) is 6.26. The summed E-state index contributed by atoms with van der Waals surface area (Å²) in [5, 5.41) is 24.0. The van der Waals surface area contributed by atoms with Crippen molar-refractivity contribution in [1.29, 1.82) is 0 Å². The average molecular weight is 408 g/mol. The minimum atomic E-state index is -0.967. The van der Waals surface area contributed by atoms with Gasteiger partial charge in [0, 0.05) is 18.2 Å². The number of nitrogens with one attached hydrogen (secondary N) is 1. The van der Waals surface area contributed by atoms with Gasteiger partial charge in [0.15, 0.2) is 6.61 Å². The SMILES string of the molecule is Cc1ccc([N+](=O)[O-])c(NC(=O)COC(=O)c2ccc([N+](=O)[O-])cc2Cl)c1C. The minimum absolute atomic E-state index is 0.0133. The van der Waals surface area contributed by atoms with Gasteiger partial charge in [-0.1, -0.05) is 17.7 Å². The van der Waals surface area contributed by atoms with Gasteiger partial charge in [-0.3, -0.25) is 25.0 Å². The van der Waals surface area contributed by atoms with Crippen LogP contribution in [0.25, 0.3) is 0 Å². The van der Waals surface area contributed by atoms with E-state index in [1.807, 2.05) is 0 Å². The largest absolute Gasteiger partial charge is 0.452 e. The smallest absolute Gasteiger partial charge is 0.340 e. The number of non-ortho nitro benzene ring substituents is 1. The highest BCUT2D eigenvalue weighted by Crippen LogP contribution is 2.30. The van der Waals surface area contributed by atoms with Crippen LogP contribution in [-0.2, 0) is 9.53 Å². The standard InChI is InChI=1S/C17H14ClN3O7/c1-9-3-6-14(21(26)27)16(10(9)2)19-15(22)8-28-17(23)12-5-4-11(20(24)25)7-13(12)18/h3-7H,8H2,1-2H3,(H,19,22). The third-order valence-electron chi connectivity index (χ3n) is 3.89. The number of carbonyl (C=O) groups excluding carboxylic acids is 2. The van der Waals surface area contributed by atoms with Crippen LogP contribution in [0.15, 0.2) is 30.3 Å². The van der Waals surface area contributed by atoms with Crippen molar-refractivity contribution in [3.63, 3.8) is 0 Å². The van der Waals surface area contributed by atoms with Crippen LogP contribution in [0.5, 0.6) is 0 Å². The lowest BCUT2D eigenvalue weighted by atomic mass is 10.1. The first-order chi connectivity index (χ1) is 13.1. The van der Waals surface area contributed by atoms with Gasteiger partial charge in [0.1, 0.15) is 5.69 Å². The Labute approximate surface area is 163 Å². The molecule has 0 spiro atoms. The summed E-state index contributed by atoms with van der Waals surface area (Å²) >= 11 is 5.83. The highest BCUT2D eigenvalue weighted by molar-refractivity contribution is 6.33. The Morgan fingerprint density at radius 3 is 2.36 bits per heavy atom. The highest BCUT2D eigenvalue weighted by atomic mass is 35.5. The van der Waals surface area contributed by atoms with Gasteiger partial charge in [-0.2, -0.15) is 0 Å². The molecule has 2 aromatic rings. The molecule has 1 N–H and O–H groups in total. The number of ether oxygens (including phenoxy) is 1. The second-order valence-electron chi connectivity index (χ2n) is 5.70. The van der Waals surface area contributed by atoms with E-state index in [0.717, 1.165) is 23.8 Å². The zero-order valence-corrected chi connectivity index (χ0v) is 15.5. The summed E-state index contributed by atoms with van der Waals surface area (Å²) in [6, 6.07) is 5.98. The molecule has 0 aliphatic heterocycles. The Morgan fingerprint density at radius 2 is 1.79 bits per heavy atom. The average Bonchev–Trinajstić information content (AvgIpc) is 2.63. The molecule has 0 bridgehead atoms. The van der Waals surface area contributed by atoms with Crippen molar-refractivity contribution in [1.82, 2.24) is 0 Å². The van der Waals surface area contributed by atoms with Crippen molar-refractivity contribution in [2.45, 2.75) is 13.8 Å². The number of hydrogen-bond acceptors (Lipinski definition) is 7. The molecule has 28 heavy (non-hydrogen) atoms. The van der Waals surface area contributed by atoms with Gasteiger partial charge in [-0.25, -0.2) is 4.79 Å². The van der Waals surface area contributed by atoms with E-state index in [2.05, 4.69) is 5.32 Å². The van der Waals surface area contributed by atoms with Crippen LogP contribution in [0.1, 0.15) is 21.5 Å². The number of nitro groups is 2. The fourth-order valence-electron chi connectivity index (χ4n) is 2.28. The van der Waals surface area contributed by atoms with Crippen LogP contribution in [0, 0.1) is 34.1 Å². The van der Waals surface area contributed by atoms with E-state index in [1.165, 1.54) is 6.07 Å². The Hall–Kier alpha value is -3.53. The number of aryl methyl sites for hydroxylation is 1. The third-order valence-corrected chi connectivity index (χ3v) is 4.21. The van der Waals surface area contributed by atoms with Gasteiger partial charge in [0.2, 0.25) is 0 Å². The van der Waals surface area contributed by atoms with E-state index < -0.39 is 28.3 Å². The number of amides is 1. The lowest BCUT2D eigenvalue weighted by Gasteiger charge is -2.11. The monoisotopic (exact) mass is 407 g/mol. The number of benzene rings is 2. The molecule has 0 atom stereocenters. The van der Waals surface area contributed by atoms with E-state index in [0.29, 0.717) is 5.56 Å². The number of esters is 1. The maximum absolute atomic E-state index is 12.1. The number of halogens is 1. The summed E-state index contributed by atoms with van der Waals surface area (Å²) in [5.41, 5.74) is 0.503. The molecular weight excluding hydrogens is 394 g/mol. The van der Waals surface area contributed by atoms with Crippen molar-refractivity contribution in [3.05, 3.63) is 72.3 Å². The lowest BCUT2D eigenvalue weighted by molar-refractivity contribution is -0.384. The molecule has 0 radical (unpaired) electrons. The van der Waals surface area contributed by atoms with Crippen molar-refractivity contribution in [3.8, 4) is 0 Å². The maximum Gasteiger partial charge on any atom is 0.340 e. The molecule has 0 aliphatic rings. The molecule has 2 aromatic carbocycles. The van der Waals surface area contributed by atoms with Crippen LogP contribution in [0.2, 0.25) is 5.02 Å². The van der Waals surface area contributed by atoms with Gasteiger partial charge < -0.3 is 10.1 Å².